The van der Waals surface area contributed by atoms with Crippen LogP contribution in [0.4, 0.5) is 5.69 Å². The fourth-order valence-electron chi connectivity index (χ4n) is 2.36. The third-order valence-electron chi connectivity index (χ3n) is 3.62. The van der Waals surface area contributed by atoms with Gasteiger partial charge in [0.25, 0.3) is 0 Å². The molecule has 104 valence electrons. The van der Waals surface area contributed by atoms with E-state index in [0.717, 1.165) is 44.9 Å². The molecule has 4 heteroatoms. The van der Waals surface area contributed by atoms with E-state index >= 15 is 0 Å². The normalized spacial score (nSPS) is 16.6. The number of carbonyl (C=O) groups is 1. The van der Waals surface area contributed by atoms with E-state index in [1.54, 1.807) is 14.0 Å². The molecule has 1 aliphatic rings. The second kappa shape index (κ2) is 6.68. The number of Topliss-reactive ketones (excluding diaryl/α,β-unsaturated/α-hetero) is 1. The van der Waals surface area contributed by atoms with E-state index in [1.165, 1.54) is 5.69 Å². The minimum absolute atomic E-state index is 0.121. The van der Waals surface area contributed by atoms with Crippen molar-refractivity contribution in [3.05, 3.63) is 29.8 Å². The summed E-state index contributed by atoms with van der Waals surface area (Å²) in [6.45, 7) is 7.60. The van der Waals surface area contributed by atoms with Crippen molar-refractivity contribution in [1.29, 1.82) is 0 Å². The van der Waals surface area contributed by atoms with E-state index in [2.05, 4.69) is 9.80 Å². The topological polar surface area (TPSA) is 32.8 Å². The van der Waals surface area contributed by atoms with Crippen LogP contribution in [-0.4, -0.2) is 57.1 Å². The van der Waals surface area contributed by atoms with Crippen LogP contribution in [0, 0.1) is 0 Å². The zero-order valence-corrected chi connectivity index (χ0v) is 11.8. The standard InChI is InChI=1S/C15H22N2O2/c1-13(18)14-3-5-15(6-4-14)17-9-7-16(8-10-17)11-12-19-2/h3-6H,7-12H2,1-2H3. The molecule has 0 N–H and O–H groups in total. The van der Waals surface area contributed by atoms with E-state index in [-0.39, 0.29) is 5.78 Å². The molecule has 0 spiro atoms. The number of anilines is 1. The van der Waals surface area contributed by atoms with Gasteiger partial charge in [-0.3, -0.25) is 9.69 Å². The first kappa shape index (κ1) is 14.0. The van der Waals surface area contributed by atoms with Crippen LogP contribution in [0.2, 0.25) is 0 Å². The van der Waals surface area contributed by atoms with Gasteiger partial charge in [-0.05, 0) is 31.2 Å². The Hall–Kier alpha value is -1.39. The zero-order valence-electron chi connectivity index (χ0n) is 11.8. The summed E-state index contributed by atoms with van der Waals surface area (Å²) >= 11 is 0. The predicted molar refractivity (Wildman–Crippen MR) is 77.0 cm³/mol. The van der Waals surface area contributed by atoms with Gasteiger partial charge in [0.15, 0.2) is 5.78 Å². The summed E-state index contributed by atoms with van der Waals surface area (Å²) in [5.41, 5.74) is 1.99. The summed E-state index contributed by atoms with van der Waals surface area (Å²) in [6.07, 6.45) is 0. The average molecular weight is 262 g/mol. The molecule has 1 aromatic rings. The Labute approximate surface area is 115 Å². The summed E-state index contributed by atoms with van der Waals surface area (Å²) in [5.74, 6) is 0.121. The smallest absolute Gasteiger partial charge is 0.159 e. The Morgan fingerprint density at radius 1 is 1.16 bits per heavy atom. The van der Waals surface area contributed by atoms with E-state index in [4.69, 9.17) is 4.74 Å². The summed E-state index contributed by atoms with van der Waals surface area (Å²) < 4.78 is 5.10. The Balaban J connectivity index is 1.88. The molecule has 0 aromatic heterocycles. The molecule has 0 radical (unpaired) electrons. The minimum Gasteiger partial charge on any atom is -0.383 e. The number of benzene rings is 1. The Kier molecular flexibility index (Phi) is 4.93. The largest absolute Gasteiger partial charge is 0.383 e. The molecule has 0 atom stereocenters. The first-order valence-corrected chi connectivity index (χ1v) is 6.78. The maximum atomic E-state index is 11.2. The quantitative estimate of drug-likeness (QED) is 0.756. The highest BCUT2D eigenvalue weighted by Crippen LogP contribution is 2.17. The number of methoxy groups -OCH3 is 1. The van der Waals surface area contributed by atoms with Gasteiger partial charge < -0.3 is 9.64 Å². The van der Waals surface area contributed by atoms with Gasteiger partial charge in [0.05, 0.1) is 6.61 Å². The van der Waals surface area contributed by atoms with E-state index in [9.17, 15) is 4.79 Å². The summed E-state index contributed by atoms with van der Waals surface area (Å²) in [6, 6.07) is 7.91. The molecular formula is C15H22N2O2. The lowest BCUT2D eigenvalue weighted by molar-refractivity contribution is 0.101. The van der Waals surface area contributed by atoms with E-state index in [1.807, 2.05) is 24.3 Å². The van der Waals surface area contributed by atoms with E-state index < -0.39 is 0 Å². The van der Waals surface area contributed by atoms with Crippen LogP contribution in [0.3, 0.4) is 0 Å². The molecule has 1 aliphatic heterocycles. The summed E-state index contributed by atoms with van der Waals surface area (Å²) in [4.78, 5) is 16.0. The fourth-order valence-corrected chi connectivity index (χ4v) is 2.36. The van der Waals surface area contributed by atoms with Crippen LogP contribution in [0.25, 0.3) is 0 Å². The first-order chi connectivity index (χ1) is 9.20. The number of ether oxygens (including phenoxy) is 1. The van der Waals surface area contributed by atoms with Gasteiger partial charge in [-0.1, -0.05) is 0 Å². The molecule has 1 heterocycles. The third kappa shape index (κ3) is 3.78. The van der Waals surface area contributed by atoms with Crippen molar-refractivity contribution in [3.8, 4) is 0 Å². The number of hydrogen-bond acceptors (Lipinski definition) is 4. The molecule has 1 fully saturated rings. The lowest BCUT2D eigenvalue weighted by Gasteiger charge is -2.36. The van der Waals surface area contributed by atoms with Crippen molar-refractivity contribution in [3.63, 3.8) is 0 Å². The third-order valence-corrected chi connectivity index (χ3v) is 3.62. The molecule has 2 rings (SSSR count). The van der Waals surface area contributed by atoms with Gasteiger partial charge in [-0.2, -0.15) is 0 Å². The lowest BCUT2D eigenvalue weighted by atomic mass is 10.1. The van der Waals surface area contributed by atoms with Crippen molar-refractivity contribution in [1.82, 2.24) is 4.90 Å². The molecule has 19 heavy (non-hydrogen) atoms. The lowest BCUT2D eigenvalue weighted by Crippen LogP contribution is -2.47. The SMILES string of the molecule is COCCN1CCN(c2ccc(C(C)=O)cc2)CC1. The summed E-state index contributed by atoms with van der Waals surface area (Å²) in [5, 5.41) is 0. The van der Waals surface area contributed by atoms with Gasteiger partial charge in [0.2, 0.25) is 0 Å². The van der Waals surface area contributed by atoms with Crippen LogP contribution in [0.15, 0.2) is 24.3 Å². The summed E-state index contributed by atoms with van der Waals surface area (Å²) in [7, 11) is 1.74. The highest BCUT2D eigenvalue weighted by molar-refractivity contribution is 5.94. The van der Waals surface area contributed by atoms with E-state index in [0.29, 0.717) is 0 Å². The molecule has 0 unspecified atom stereocenters. The fraction of sp³-hybridized carbons (Fsp3) is 0.533. The Morgan fingerprint density at radius 2 is 1.79 bits per heavy atom. The molecular weight excluding hydrogens is 240 g/mol. The van der Waals surface area contributed by atoms with Gasteiger partial charge in [-0.25, -0.2) is 0 Å². The van der Waals surface area contributed by atoms with Crippen molar-refractivity contribution in [2.24, 2.45) is 0 Å². The number of piperazine rings is 1. The highest BCUT2D eigenvalue weighted by Gasteiger charge is 2.16. The minimum atomic E-state index is 0.121. The monoisotopic (exact) mass is 262 g/mol. The second-order valence-corrected chi connectivity index (χ2v) is 4.92. The van der Waals surface area contributed by atoms with Crippen molar-refractivity contribution >= 4 is 11.5 Å². The van der Waals surface area contributed by atoms with Crippen LogP contribution in [0.5, 0.6) is 0 Å². The van der Waals surface area contributed by atoms with Crippen molar-refractivity contribution in [2.75, 3.05) is 51.3 Å². The number of ketones is 1. The van der Waals surface area contributed by atoms with Crippen LogP contribution >= 0.6 is 0 Å². The second-order valence-electron chi connectivity index (χ2n) is 4.92. The maximum Gasteiger partial charge on any atom is 0.159 e. The average Bonchev–Trinajstić information content (AvgIpc) is 2.46. The molecule has 4 nitrogen and oxygen atoms in total. The number of carbonyl (C=O) groups excluding carboxylic acids is 1. The molecule has 0 saturated carbocycles. The Morgan fingerprint density at radius 3 is 2.32 bits per heavy atom. The molecule has 0 amide bonds. The van der Waals surface area contributed by atoms with Gasteiger partial charge >= 0.3 is 0 Å². The van der Waals surface area contributed by atoms with Crippen LogP contribution in [-0.2, 0) is 4.74 Å². The van der Waals surface area contributed by atoms with Gasteiger partial charge in [0, 0.05) is 51.1 Å². The first-order valence-electron chi connectivity index (χ1n) is 6.78. The number of hydrogen-bond donors (Lipinski definition) is 0. The molecule has 1 aromatic carbocycles. The highest BCUT2D eigenvalue weighted by atomic mass is 16.5. The number of rotatable bonds is 5. The Bertz CT molecular complexity index is 409. The predicted octanol–water partition coefficient (Wildman–Crippen LogP) is 1.66. The van der Waals surface area contributed by atoms with Gasteiger partial charge in [-0.15, -0.1) is 0 Å². The number of nitrogens with zero attached hydrogens (tertiary/aromatic N) is 2. The molecule has 0 aliphatic carbocycles. The maximum absolute atomic E-state index is 11.2. The zero-order chi connectivity index (χ0) is 13.7. The van der Waals surface area contributed by atoms with Crippen molar-refractivity contribution < 1.29 is 9.53 Å². The van der Waals surface area contributed by atoms with Crippen molar-refractivity contribution in [2.45, 2.75) is 6.92 Å². The molecule has 1 saturated heterocycles. The van der Waals surface area contributed by atoms with Crippen LogP contribution in [0.1, 0.15) is 17.3 Å². The van der Waals surface area contributed by atoms with Gasteiger partial charge in [0.1, 0.15) is 0 Å². The van der Waals surface area contributed by atoms with Crippen LogP contribution < -0.4 is 4.90 Å². The molecule has 0 bridgehead atoms.